The summed E-state index contributed by atoms with van der Waals surface area (Å²) in [5.74, 6) is -0.489. The van der Waals surface area contributed by atoms with E-state index >= 15 is 0 Å². The molecule has 1 aliphatic heterocycles. The predicted molar refractivity (Wildman–Crippen MR) is 94.4 cm³/mol. The van der Waals surface area contributed by atoms with Crippen LogP contribution in [0.3, 0.4) is 0 Å². The molecule has 0 bridgehead atoms. The van der Waals surface area contributed by atoms with Crippen molar-refractivity contribution in [2.45, 2.75) is 33.7 Å². The monoisotopic (exact) mass is 412 g/mol. The first-order valence-electron chi connectivity index (χ1n) is 8.19. The number of urea groups is 1. The lowest BCUT2D eigenvalue weighted by Gasteiger charge is -2.18. The normalized spacial score (nSPS) is 14.5. The van der Waals surface area contributed by atoms with Crippen LogP contribution in [0.1, 0.15) is 32.8 Å². The van der Waals surface area contributed by atoms with Gasteiger partial charge in [-0.1, -0.05) is 22.9 Å². The molecule has 1 saturated heterocycles. The first-order chi connectivity index (χ1) is 11.9. The summed E-state index contributed by atoms with van der Waals surface area (Å²) >= 11 is 3.43. The highest BCUT2D eigenvalue weighted by Crippen LogP contribution is 2.35. The molecule has 2 rings (SSSR count). The highest BCUT2D eigenvalue weighted by Gasteiger charge is 2.44. The van der Waals surface area contributed by atoms with Crippen molar-refractivity contribution in [3.05, 3.63) is 22.2 Å². The quantitative estimate of drug-likeness (QED) is 0.484. The maximum Gasteiger partial charge on any atom is 0.334 e. The Morgan fingerprint density at radius 2 is 1.48 bits per heavy atom. The number of imide groups is 2. The lowest BCUT2D eigenvalue weighted by Crippen LogP contribution is -2.33. The van der Waals surface area contributed by atoms with E-state index in [2.05, 4.69) is 15.9 Å². The number of hydrogen-bond acceptors (Lipinski definition) is 5. The number of rotatable bonds is 8. The smallest absolute Gasteiger partial charge is 0.334 e. The second-order valence-electron chi connectivity index (χ2n) is 5.39. The van der Waals surface area contributed by atoms with E-state index in [9.17, 15) is 14.4 Å². The summed E-state index contributed by atoms with van der Waals surface area (Å²) in [5, 5.41) is 0. The van der Waals surface area contributed by atoms with E-state index in [-0.39, 0.29) is 13.1 Å². The summed E-state index contributed by atoms with van der Waals surface area (Å²) < 4.78 is 11.8. The van der Waals surface area contributed by atoms with Crippen LogP contribution in [0.15, 0.2) is 16.6 Å². The lowest BCUT2D eigenvalue weighted by molar-refractivity contribution is -0.143. The van der Waals surface area contributed by atoms with Crippen molar-refractivity contribution >= 4 is 33.8 Å². The molecule has 25 heavy (non-hydrogen) atoms. The third kappa shape index (κ3) is 3.95. The molecular weight excluding hydrogens is 392 g/mol. The van der Waals surface area contributed by atoms with Gasteiger partial charge in [-0.15, -0.1) is 0 Å². The fraction of sp³-hybridized carbons (Fsp3) is 0.471. The zero-order valence-electron chi connectivity index (χ0n) is 14.5. The molecule has 0 unspecified atom stereocenters. The molecule has 0 saturated carbocycles. The third-order valence-corrected chi connectivity index (χ3v) is 4.36. The summed E-state index contributed by atoms with van der Waals surface area (Å²) in [5.41, 5.74) is 0.653. The van der Waals surface area contributed by atoms with Crippen molar-refractivity contribution in [2.75, 3.05) is 19.8 Å². The molecule has 1 aromatic carbocycles. The van der Waals surface area contributed by atoms with Gasteiger partial charge in [-0.05, 0) is 38.0 Å². The first-order valence-corrected chi connectivity index (χ1v) is 8.99. The van der Waals surface area contributed by atoms with E-state index in [0.717, 1.165) is 9.80 Å². The second kappa shape index (κ2) is 8.33. The molecular formula is C17H21BrN2O5. The van der Waals surface area contributed by atoms with E-state index in [1.807, 2.05) is 20.8 Å². The standard InChI is InChI=1S/C17H21BrN2O5/c1-4-7-19-15(21)16(22)20(17(19)23)10-11-8-13(24-5-2)14(25-6-3)9-12(11)18/h8-9H,4-7,10H2,1-3H3. The highest BCUT2D eigenvalue weighted by atomic mass is 79.9. The molecule has 0 N–H and O–H groups in total. The van der Waals surface area contributed by atoms with Gasteiger partial charge < -0.3 is 9.47 Å². The SMILES string of the molecule is CCCN1C(=O)C(=O)N(Cc2cc(OCC)c(OCC)cc2Br)C1=O. The lowest BCUT2D eigenvalue weighted by atomic mass is 10.2. The van der Waals surface area contributed by atoms with Crippen LogP contribution < -0.4 is 9.47 Å². The van der Waals surface area contributed by atoms with Gasteiger partial charge in [-0.2, -0.15) is 0 Å². The zero-order chi connectivity index (χ0) is 18.6. The van der Waals surface area contributed by atoms with Crippen molar-refractivity contribution in [1.29, 1.82) is 0 Å². The molecule has 0 aromatic heterocycles. The van der Waals surface area contributed by atoms with Crippen molar-refractivity contribution in [3.63, 3.8) is 0 Å². The number of carbonyl (C=O) groups excluding carboxylic acids is 3. The van der Waals surface area contributed by atoms with Gasteiger partial charge in [-0.3, -0.25) is 19.4 Å². The van der Waals surface area contributed by atoms with Crippen molar-refractivity contribution in [1.82, 2.24) is 9.80 Å². The molecule has 1 heterocycles. The van der Waals surface area contributed by atoms with Crippen LogP contribution in [0.5, 0.6) is 11.5 Å². The summed E-state index contributed by atoms with van der Waals surface area (Å²) in [6.07, 6.45) is 0.597. The molecule has 136 valence electrons. The Kier molecular flexibility index (Phi) is 6.41. The van der Waals surface area contributed by atoms with E-state index in [4.69, 9.17) is 9.47 Å². The Balaban J connectivity index is 2.30. The molecule has 1 fully saturated rings. The summed E-state index contributed by atoms with van der Waals surface area (Å²) in [7, 11) is 0. The fourth-order valence-corrected chi connectivity index (χ4v) is 2.96. The number of halogens is 1. The van der Waals surface area contributed by atoms with E-state index in [1.165, 1.54) is 0 Å². The van der Waals surface area contributed by atoms with Crippen LogP contribution in [0.2, 0.25) is 0 Å². The molecule has 7 nitrogen and oxygen atoms in total. The van der Waals surface area contributed by atoms with Crippen LogP contribution in [0, 0.1) is 0 Å². The predicted octanol–water partition coefficient (Wildman–Crippen LogP) is 2.95. The van der Waals surface area contributed by atoms with Crippen LogP contribution >= 0.6 is 15.9 Å². The van der Waals surface area contributed by atoms with Crippen LogP contribution in [0.4, 0.5) is 4.79 Å². The topological polar surface area (TPSA) is 76.2 Å². The number of carbonyl (C=O) groups is 3. The third-order valence-electron chi connectivity index (χ3n) is 3.62. The van der Waals surface area contributed by atoms with Crippen LogP contribution in [-0.4, -0.2) is 47.4 Å². The molecule has 1 aromatic rings. The number of benzene rings is 1. The minimum atomic E-state index is -0.808. The Labute approximate surface area is 155 Å². The minimum Gasteiger partial charge on any atom is -0.490 e. The highest BCUT2D eigenvalue weighted by molar-refractivity contribution is 9.10. The Morgan fingerprint density at radius 3 is 2.04 bits per heavy atom. The van der Waals surface area contributed by atoms with Gasteiger partial charge in [0.15, 0.2) is 11.5 Å². The Bertz CT molecular complexity index is 692. The van der Waals surface area contributed by atoms with Gasteiger partial charge in [0.05, 0.1) is 19.8 Å². The number of nitrogens with zero attached hydrogens (tertiary/aromatic N) is 2. The van der Waals surface area contributed by atoms with Crippen LogP contribution in [-0.2, 0) is 16.1 Å². The van der Waals surface area contributed by atoms with Gasteiger partial charge in [-0.25, -0.2) is 4.79 Å². The average molecular weight is 413 g/mol. The fourth-order valence-electron chi connectivity index (χ4n) is 2.52. The maximum absolute atomic E-state index is 12.4. The van der Waals surface area contributed by atoms with E-state index < -0.39 is 17.8 Å². The molecule has 1 aliphatic rings. The summed E-state index contributed by atoms with van der Waals surface area (Å²) in [6, 6.07) is 2.86. The Morgan fingerprint density at radius 1 is 0.920 bits per heavy atom. The molecule has 4 amide bonds. The van der Waals surface area contributed by atoms with Gasteiger partial charge in [0, 0.05) is 11.0 Å². The molecule has 0 atom stereocenters. The van der Waals surface area contributed by atoms with Gasteiger partial charge in [0.1, 0.15) is 0 Å². The molecule has 0 radical (unpaired) electrons. The summed E-state index contributed by atoms with van der Waals surface area (Å²) in [6.45, 7) is 6.70. The van der Waals surface area contributed by atoms with E-state index in [1.54, 1.807) is 12.1 Å². The minimum absolute atomic E-state index is 0.0172. The van der Waals surface area contributed by atoms with Gasteiger partial charge in [0.25, 0.3) is 0 Å². The second-order valence-corrected chi connectivity index (χ2v) is 6.24. The van der Waals surface area contributed by atoms with Crippen LogP contribution in [0.25, 0.3) is 0 Å². The number of hydrogen-bond donors (Lipinski definition) is 0. The van der Waals surface area contributed by atoms with Gasteiger partial charge >= 0.3 is 17.8 Å². The molecule has 8 heteroatoms. The largest absolute Gasteiger partial charge is 0.490 e. The first kappa shape index (κ1) is 19.2. The van der Waals surface area contributed by atoms with Crippen molar-refractivity contribution in [3.8, 4) is 11.5 Å². The summed E-state index contributed by atoms with van der Waals surface area (Å²) in [4.78, 5) is 38.4. The molecule has 0 aliphatic carbocycles. The number of ether oxygens (including phenoxy) is 2. The van der Waals surface area contributed by atoms with E-state index in [0.29, 0.717) is 41.2 Å². The zero-order valence-corrected chi connectivity index (χ0v) is 16.1. The number of amides is 4. The molecule has 0 spiro atoms. The maximum atomic E-state index is 12.4. The Hall–Kier alpha value is -2.09. The van der Waals surface area contributed by atoms with Crippen molar-refractivity contribution < 1.29 is 23.9 Å². The van der Waals surface area contributed by atoms with Crippen molar-refractivity contribution in [2.24, 2.45) is 0 Å². The average Bonchev–Trinajstić information content (AvgIpc) is 2.77. The van der Waals surface area contributed by atoms with Gasteiger partial charge in [0.2, 0.25) is 0 Å².